The molecule has 0 aliphatic carbocycles. The van der Waals surface area contributed by atoms with Crippen molar-refractivity contribution in [1.29, 1.82) is 0 Å². The molecule has 7 nitrogen and oxygen atoms in total. The summed E-state index contributed by atoms with van der Waals surface area (Å²) in [5, 5.41) is 2.56. The van der Waals surface area contributed by atoms with Crippen molar-refractivity contribution in [1.82, 2.24) is 10.2 Å². The maximum atomic E-state index is 13.3. The van der Waals surface area contributed by atoms with Gasteiger partial charge in [-0.2, -0.15) is 0 Å². The Kier molecular flexibility index (Phi) is 8.64. The Morgan fingerprint density at radius 2 is 1.71 bits per heavy atom. The first-order chi connectivity index (χ1) is 14.6. The summed E-state index contributed by atoms with van der Waals surface area (Å²) in [7, 11) is -2.23. The number of anilines is 1. The van der Waals surface area contributed by atoms with Gasteiger partial charge in [0.25, 0.3) is 0 Å². The first-order valence-corrected chi connectivity index (χ1v) is 12.5. The van der Waals surface area contributed by atoms with Crippen molar-refractivity contribution in [3.8, 4) is 0 Å². The van der Waals surface area contributed by atoms with E-state index in [0.29, 0.717) is 12.1 Å². The molecule has 0 fully saturated rings. The van der Waals surface area contributed by atoms with Crippen molar-refractivity contribution in [2.45, 2.75) is 32.9 Å². The van der Waals surface area contributed by atoms with Gasteiger partial charge < -0.3 is 10.2 Å². The molecule has 2 aromatic carbocycles. The molecule has 1 unspecified atom stereocenters. The number of rotatable bonds is 9. The van der Waals surface area contributed by atoms with Gasteiger partial charge in [0.05, 0.1) is 11.9 Å². The van der Waals surface area contributed by atoms with Crippen molar-refractivity contribution in [2.75, 3.05) is 24.2 Å². The van der Waals surface area contributed by atoms with E-state index in [0.717, 1.165) is 26.2 Å². The lowest BCUT2D eigenvalue weighted by atomic mass is 10.1. The maximum absolute atomic E-state index is 13.3. The van der Waals surface area contributed by atoms with Crippen LogP contribution in [-0.4, -0.2) is 51.0 Å². The number of nitrogens with one attached hydrogen (secondary N) is 1. The van der Waals surface area contributed by atoms with Crippen LogP contribution < -0.4 is 9.62 Å². The summed E-state index contributed by atoms with van der Waals surface area (Å²) in [6.45, 7) is 3.33. The largest absolute Gasteiger partial charge is 0.357 e. The lowest BCUT2D eigenvalue weighted by molar-refractivity contribution is -0.139. The fourth-order valence-electron chi connectivity index (χ4n) is 3.23. The van der Waals surface area contributed by atoms with E-state index in [1.54, 1.807) is 19.1 Å². The van der Waals surface area contributed by atoms with Gasteiger partial charge >= 0.3 is 0 Å². The molecular weight excluding hydrogens is 482 g/mol. The summed E-state index contributed by atoms with van der Waals surface area (Å²) >= 11 is 3.38. The Balaban J connectivity index is 2.41. The lowest BCUT2D eigenvalue weighted by Gasteiger charge is -2.31. The van der Waals surface area contributed by atoms with Gasteiger partial charge in [-0.25, -0.2) is 8.42 Å². The molecule has 1 N–H and O–H groups in total. The molecule has 0 aromatic heterocycles. The van der Waals surface area contributed by atoms with E-state index in [-0.39, 0.29) is 12.5 Å². The molecule has 168 valence electrons. The van der Waals surface area contributed by atoms with E-state index in [4.69, 9.17) is 0 Å². The fraction of sp³-hybridized carbons (Fsp3) is 0.364. The van der Waals surface area contributed by atoms with Gasteiger partial charge in [0, 0.05) is 18.1 Å². The number of likely N-dealkylation sites (N-methyl/N-ethyl adjacent to an activating group) is 1. The zero-order valence-electron chi connectivity index (χ0n) is 18.1. The van der Waals surface area contributed by atoms with Crippen molar-refractivity contribution in [3.63, 3.8) is 0 Å². The number of carbonyl (C=O) groups excluding carboxylic acids is 2. The molecule has 1 atom stereocenters. The van der Waals surface area contributed by atoms with E-state index >= 15 is 0 Å². The van der Waals surface area contributed by atoms with Crippen LogP contribution in [0.25, 0.3) is 0 Å². The molecule has 0 saturated carbocycles. The predicted molar refractivity (Wildman–Crippen MR) is 126 cm³/mol. The number of para-hydroxylation sites is 1. The van der Waals surface area contributed by atoms with Gasteiger partial charge in [-0.1, -0.05) is 53.2 Å². The van der Waals surface area contributed by atoms with Gasteiger partial charge in [-0.05, 0) is 42.7 Å². The SMILES string of the molecule is CCc1ccccc1N(CC(=O)N(Cc1ccc(Br)cc1)C(C)C(=O)NC)S(C)(=O)=O. The van der Waals surface area contributed by atoms with Gasteiger partial charge in [0.2, 0.25) is 21.8 Å². The Morgan fingerprint density at radius 1 is 1.10 bits per heavy atom. The summed E-state index contributed by atoms with van der Waals surface area (Å²) in [4.78, 5) is 27.0. The number of amides is 2. The highest BCUT2D eigenvalue weighted by atomic mass is 79.9. The van der Waals surface area contributed by atoms with Gasteiger partial charge in [-0.3, -0.25) is 13.9 Å². The lowest BCUT2D eigenvalue weighted by Crippen LogP contribution is -2.50. The van der Waals surface area contributed by atoms with Crippen LogP contribution >= 0.6 is 15.9 Å². The average Bonchev–Trinajstić information content (AvgIpc) is 2.75. The molecule has 0 bridgehead atoms. The number of halogens is 1. The number of aryl methyl sites for hydroxylation is 1. The van der Waals surface area contributed by atoms with Crippen LogP contribution in [0.5, 0.6) is 0 Å². The number of nitrogens with zero attached hydrogens (tertiary/aromatic N) is 2. The Bertz CT molecular complexity index is 1030. The van der Waals surface area contributed by atoms with Crippen molar-refractivity contribution < 1.29 is 18.0 Å². The molecule has 2 rings (SSSR count). The zero-order valence-corrected chi connectivity index (χ0v) is 20.5. The summed E-state index contributed by atoms with van der Waals surface area (Å²) in [5.41, 5.74) is 2.11. The third kappa shape index (κ3) is 6.54. The minimum absolute atomic E-state index is 0.174. The second-order valence-electron chi connectivity index (χ2n) is 7.19. The van der Waals surface area contributed by atoms with Gasteiger partial charge in [-0.15, -0.1) is 0 Å². The van der Waals surface area contributed by atoms with Crippen molar-refractivity contribution >= 4 is 43.5 Å². The third-order valence-electron chi connectivity index (χ3n) is 5.00. The van der Waals surface area contributed by atoms with E-state index in [2.05, 4.69) is 21.2 Å². The summed E-state index contributed by atoms with van der Waals surface area (Å²) in [5.74, 6) is -0.791. The summed E-state index contributed by atoms with van der Waals surface area (Å²) in [6, 6.07) is 13.7. The highest BCUT2D eigenvalue weighted by Crippen LogP contribution is 2.24. The summed E-state index contributed by atoms with van der Waals surface area (Å²) < 4.78 is 27.2. The average molecular weight is 510 g/mol. The molecule has 2 aromatic rings. The number of hydrogen-bond acceptors (Lipinski definition) is 4. The van der Waals surface area contributed by atoms with E-state index in [1.807, 2.05) is 43.3 Å². The summed E-state index contributed by atoms with van der Waals surface area (Å²) in [6.07, 6.45) is 1.70. The Morgan fingerprint density at radius 3 is 2.26 bits per heavy atom. The van der Waals surface area contributed by atoms with Crippen molar-refractivity contribution in [2.24, 2.45) is 0 Å². The minimum atomic E-state index is -3.73. The highest BCUT2D eigenvalue weighted by molar-refractivity contribution is 9.10. The minimum Gasteiger partial charge on any atom is -0.357 e. The monoisotopic (exact) mass is 509 g/mol. The molecule has 0 heterocycles. The fourth-order valence-corrected chi connectivity index (χ4v) is 4.37. The highest BCUT2D eigenvalue weighted by Gasteiger charge is 2.30. The van der Waals surface area contributed by atoms with Crippen molar-refractivity contribution in [3.05, 3.63) is 64.1 Å². The number of carbonyl (C=O) groups is 2. The molecule has 0 aliphatic rings. The van der Waals surface area contributed by atoms with E-state index in [1.165, 1.54) is 11.9 Å². The maximum Gasteiger partial charge on any atom is 0.244 e. The van der Waals surface area contributed by atoms with Crippen LogP contribution in [0.2, 0.25) is 0 Å². The molecule has 0 radical (unpaired) electrons. The third-order valence-corrected chi connectivity index (χ3v) is 6.66. The standard InChI is InChI=1S/C22H28BrN3O4S/c1-5-18-8-6-7-9-20(18)26(31(4,29)30)15-21(27)25(16(2)22(28)24-3)14-17-10-12-19(23)13-11-17/h6-13,16H,5,14-15H2,1-4H3,(H,24,28). The smallest absolute Gasteiger partial charge is 0.244 e. The first-order valence-electron chi connectivity index (χ1n) is 9.89. The second-order valence-corrected chi connectivity index (χ2v) is 10.0. The molecule has 0 aliphatic heterocycles. The second kappa shape index (κ2) is 10.8. The normalized spacial score (nSPS) is 12.2. The molecule has 0 saturated heterocycles. The van der Waals surface area contributed by atoms with Crippen LogP contribution in [-0.2, 0) is 32.6 Å². The molecular formula is C22H28BrN3O4S. The number of hydrogen-bond donors (Lipinski definition) is 1. The first kappa shape index (κ1) is 24.9. The van der Waals surface area contributed by atoms with E-state index < -0.39 is 28.5 Å². The Hall–Kier alpha value is -2.39. The van der Waals surface area contributed by atoms with Crippen LogP contribution in [0.1, 0.15) is 25.0 Å². The number of benzene rings is 2. The molecule has 9 heteroatoms. The van der Waals surface area contributed by atoms with Crippen LogP contribution in [0.3, 0.4) is 0 Å². The van der Waals surface area contributed by atoms with Crippen LogP contribution in [0, 0.1) is 0 Å². The van der Waals surface area contributed by atoms with Gasteiger partial charge in [0.1, 0.15) is 12.6 Å². The zero-order chi connectivity index (χ0) is 23.2. The topological polar surface area (TPSA) is 86.8 Å². The predicted octanol–water partition coefficient (Wildman–Crippen LogP) is 2.94. The van der Waals surface area contributed by atoms with Crippen LogP contribution in [0.4, 0.5) is 5.69 Å². The quantitative estimate of drug-likeness (QED) is 0.562. The number of sulfonamides is 1. The van der Waals surface area contributed by atoms with E-state index in [9.17, 15) is 18.0 Å². The van der Waals surface area contributed by atoms with Crippen LogP contribution in [0.15, 0.2) is 53.0 Å². The molecule has 2 amide bonds. The Labute approximate surface area is 192 Å². The molecule has 31 heavy (non-hydrogen) atoms. The van der Waals surface area contributed by atoms with Gasteiger partial charge in [0.15, 0.2) is 0 Å². The molecule has 0 spiro atoms.